The Morgan fingerprint density at radius 3 is 2.94 bits per heavy atom. The van der Waals surface area contributed by atoms with Crippen LogP contribution in [0, 0.1) is 6.92 Å². The second-order valence-electron chi connectivity index (χ2n) is 4.63. The highest BCUT2D eigenvalue weighted by molar-refractivity contribution is 5.40. The molecule has 2 rings (SSSR count). The van der Waals surface area contributed by atoms with E-state index in [0.29, 0.717) is 6.04 Å². The van der Waals surface area contributed by atoms with E-state index in [9.17, 15) is 0 Å². The van der Waals surface area contributed by atoms with Crippen LogP contribution in [-0.4, -0.2) is 24.1 Å². The van der Waals surface area contributed by atoms with Crippen LogP contribution in [0.5, 0.6) is 0 Å². The molecule has 2 heterocycles. The summed E-state index contributed by atoms with van der Waals surface area (Å²) in [5, 5.41) is 0. The Labute approximate surface area is 97.7 Å². The molecule has 2 N–H and O–H groups in total. The molecule has 16 heavy (non-hydrogen) atoms. The van der Waals surface area contributed by atoms with Crippen LogP contribution < -0.4 is 10.6 Å². The molecule has 0 radical (unpaired) electrons. The smallest absolute Gasteiger partial charge is 0.128 e. The van der Waals surface area contributed by atoms with E-state index >= 15 is 0 Å². The molecule has 3 heteroatoms. The van der Waals surface area contributed by atoms with Crippen LogP contribution in [0.25, 0.3) is 0 Å². The molecule has 1 aliphatic rings. The van der Waals surface area contributed by atoms with Gasteiger partial charge in [0.25, 0.3) is 0 Å². The van der Waals surface area contributed by atoms with Gasteiger partial charge in [0.2, 0.25) is 0 Å². The van der Waals surface area contributed by atoms with Gasteiger partial charge < -0.3 is 10.6 Å². The second-order valence-corrected chi connectivity index (χ2v) is 4.63. The molecule has 1 saturated heterocycles. The highest BCUT2D eigenvalue weighted by Crippen LogP contribution is 2.21. The lowest BCUT2D eigenvalue weighted by molar-refractivity contribution is 0.576. The van der Waals surface area contributed by atoms with Crippen LogP contribution in [-0.2, 0) is 0 Å². The largest absolute Gasteiger partial charge is 0.352 e. The van der Waals surface area contributed by atoms with Crippen LogP contribution in [0.1, 0.15) is 31.2 Å². The quantitative estimate of drug-likeness (QED) is 0.828. The standard InChI is InChI=1S/C13H21N3/c1-11-6-7-13(15-10-11)16-8-4-2-3-5-12(16)9-14/h6-7,10,12H,2-5,8-9,14H2,1H3. The van der Waals surface area contributed by atoms with Gasteiger partial charge in [-0.25, -0.2) is 4.98 Å². The molecule has 1 unspecified atom stereocenters. The lowest BCUT2D eigenvalue weighted by Gasteiger charge is -2.30. The van der Waals surface area contributed by atoms with Crippen LogP contribution in [0.4, 0.5) is 5.82 Å². The van der Waals surface area contributed by atoms with E-state index < -0.39 is 0 Å². The fraction of sp³-hybridized carbons (Fsp3) is 0.615. The van der Waals surface area contributed by atoms with Crippen molar-refractivity contribution < 1.29 is 0 Å². The van der Waals surface area contributed by atoms with Gasteiger partial charge in [0.05, 0.1) is 0 Å². The Balaban J connectivity index is 2.18. The summed E-state index contributed by atoms with van der Waals surface area (Å²) in [5.74, 6) is 1.09. The summed E-state index contributed by atoms with van der Waals surface area (Å²) in [6, 6.07) is 4.71. The molecule has 3 nitrogen and oxygen atoms in total. The van der Waals surface area contributed by atoms with Gasteiger partial charge in [0, 0.05) is 25.3 Å². The maximum absolute atomic E-state index is 5.86. The maximum atomic E-state index is 5.86. The lowest BCUT2D eigenvalue weighted by atomic mass is 10.1. The number of anilines is 1. The molecule has 0 saturated carbocycles. The van der Waals surface area contributed by atoms with Gasteiger partial charge in [-0.2, -0.15) is 0 Å². The van der Waals surface area contributed by atoms with Crippen LogP contribution in [0.2, 0.25) is 0 Å². The Morgan fingerprint density at radius 2 is 2.25 bits per heavy atom. The van der Waals surface area contributed by atoms with Gasteiger partial charge in [-0.1, -0.05) is 18.9 Å². The van der Waals surface area contributed by atoms with Crippen molar-refractivity contribution in [1.82, 2.24) is 4.98 Å². The van der Waals surface area contributed by atoms with E-state index in [2.05, 4.69) is 28.9 Å². The lowest BCUT2D eigenvalue weighted by Crippen LogP contribution is -2.40. The Hall–Kier alpha value is -1.09. The number of nitrogens with two attached hydrogens (primary N) is 1. The van der Waals surface area contributed by atoms with Crippen molar-refractivity contribution in [3.05, 3.63) is 23.9 Å². The first-order valence-electron chi connectivity index (χ1n) is 6.20. The number of pyridine rings is 1. The van der Waals surface area contributed by atoms with Crippen LogP contribution in [0.3, 0.4) is 0 Å². The topological polar surface area (TPSA) is 42.1 Å². The Kier molecular flexibility index (Phi) is 3.78. The molecule has 1 aromatic heterocycles. The van der Waals surface area contributed by atoms with Crippen LogP contribution in [0.15, 0.2) is 18.3 Å². The van der Waals surface area contributed by atoms with E-state index in [1.54, 1.807) is 0 Å². The number of nitrogens with zero attached hydrogens (tertiary/aromatic N) is 2. The zero-order valence-electron chi connectivity index (χ0n) is 10.0. The molecular formula is C13H21N3. The SMILES string of the molecule is Cc1ccc(N2CCCCCC2CN)nc1. The number of aryl methyl sites for hydroxylation is 1. The Morgan fingerprint density at radius 1 is 1.38 bits per heavy atom. The molecule has 1 fully saturated rings. The third-order valence-corrected chi connectivity index (χ3v) is 3.34. The van der Waals surface area contributed by atoms with Gasteiger partial charge in [-0.05, 0) is 31.4 Å². The third kappa shape index (κ3) is 2.53. The molecule has 1 aromatic rings. The highest BCUT2D eigenvalue weighted by atomic mass is 15.2. The third-order valence-electron chi connectivity index (χ3n) is 3.34. The maximum Gasteiger partial charge on any atom is 0.128 e. The molecule has 0 aromatic carbocycles. The van der Waals surface area contributed by atoms with Gasteiger partial charge in [0.15, 0.2) is 0 Å². The molecule has 1 atom stereocenters. The summed E-state index contributed by atoms with van der Waals surface area (Å²) in [6.07, 6.45) is 7.01. The molecule has 0 aliphatic carbocycles. The molecule has 0 bridgehead atoms. The molecule has 88 valence electrons. The molecule has 1 aliphatic heterocycles. The van der Waals surface area contributed by atoms with Crippen molar-refractivity contribution in [3.63, 3.8) is 0 Å². The fourth-order valence-corrected chi connectivity index (χ4v) is 2.35. The zero-order valence-corrected chi connectivity index (χ0v) is 10.0. The van der Waals surface area contributed by atoms with Crippen molar-refractivity contribution in [2.75, 3.05) is 18.0 Å². The van der Waals surface area contributed by atoms with Gasteiger partial charge in [-0.15, -0.1) is 0 Å². The van der Waals surface area contributed by atoms with Crippen LogP contribution >= 0.6 is 0 Å². The summed E-state index contributed by atoms with van der Waals surface area (Å²) in [5.41, 5.74) is 7.07. The monoisotopic (exact) mass is 219 g/mol. The highest BCUT2D eigenvalue weighted by Gasteiger charge is 2.20. The van der Waals surface area contributed by atoms with E-state index in [-0.39, 0.29) is 0 Å². The van der Waals surface area contributed by atoms with Gasteiger partial charge >= 0.3 is 0 Å². The summed E-state index contributed by atoms with van der Waals surface area (Å²) in [6.45, 7) is 3.90. The number of hydrogen-bond donors (Lipinski definition) is 1. The van der Waals surface area contributed by atoms with E-state index in [1.807, 2.05) is 6.20 Å². The molecular weight excluding hydrogens is 198 g/mol. The minimum absolute atomic E-state index is 0.470. The van der Waals surface area contributed by atoms with Gasteiger partial charge in [0.1, 0.15) is 5.82 Å². The molecule has 0 spiro atoms. The van der Waals surface area contributed by atoms with Gasteiger partial charge in [-0.3, -0.25) is 0 Å². The first-order chi connectivity index (χ1) is 7.81. The normalized spacial score (nSPS) is 21.9. The predicted molar refractivity (Wildman–Crippen MR) is 67.6 cm³/mol. The van der Waals surface area contributed by atoms with Crippen molar-refractivity contribution in [3.8, 4) is 0 Å². The van der Waals surface area contributed by atoms with Crippen molar-refractivity contribution >= 4 is 5.82 Å². The summed E-state index contributed by atoms with van der Waals surface area (Å²) in [7, 11) is 0. The summed E-state index contributed by atoms with van der Waals surface area (Å²) < 4.78 is 0. The first kappa shape index (κ1) is 11.4. The molecule has 0 amide bonds. The van der Waals surface area contributed by atoms with E-state index in [0.717, 1.165) is 18.9 Å². The second kappa shape index (κ2) is 5.30. The predicted octanol–water partition coefficient (Wildman–Crippen LogP) is 2.10. The Bertz CT molecular complexity index is 320. The van der Waals surface area contributed by atoms with Crippen molar-refractivity contribution in [1.29, 1.82) is 0 Å². The summed E-state index contributed by atoms with van der Waals surface area (Å²) >= 11 is 0. The average Bonchev–Trinajstić information content (AvgIpc) is 2.55. The van der Waals surface area contributed by atoms with E-state index in [1.165, 1.54) is 31.2 Å². The minimum Gasteiger partial charge on any atom is -0.352 e. The zero-order chi connectivity index (χ0) is 11.4. The number of aromatic nitrogens is 1. The van der Waals surface area contributed by atoms with Crippen molar-refractivity contribution in [2.24, 2.45) is 5.73 Å². The fourth-order valence-electron chi connectivity index (χ4n) is 2.35. The minimum atomic E-state index is 0.470. The first-order valence-corrected chi connectivity index (χ1v) is 6.20. The summed E-state index contributed by atoms with van der Waals surface area (Å²) in [4.78, 5) is 6.89. The van der Waals surface area contributed by atoms with E-state index in [4.69, 9.17) is 5.73 Å². The number of hydrogen-bond acceptors (Lipinski definition) is 3. The average molecular weight is 219 g/mol. The number of rotatable bonds is 2. The van der Waals surface area contributed by atoms with Crippen molar-refractivity contribution in [2.45, 2.75) is 38.6 Å².